The maximum atomic E-state index is 3.53. The number of hydrogen-bond acceptors (Lipinski definition) is 2. The number of aryl methyl sites for hydroxylation is 1. The van der Waals surface area contributed by atoms with Crippen molar-refractivity contribution in [1.82, 2.24) is 10.3 Å². The number of rotatable bonds is 5. The topological polar surface area (TPSA) is 39.9 Å². The summed E-state index contributed by atoms with van der Waals surface area (Å²) in [6, 6.07) is 9.23. The summed E-state index contributed by atoms with van der Waals surface area (Å²) in [7, 11) is 0. The smallest absolute Gasteiger partial charge is 0.0628 e. The Morgan fingerprint density at radius 2 is 2.06 bits per heavy atom. The van der Waals surface area contributed by atoms with E-state index in [1.807, 2.05) is 0 Å². The second kappa shape index (κ2) is 4.41. The number of anilines is 1. The maximum Gasteiger partial charge on any atom is 0.0628 e. The largest absolute Gasteiger partial charge is 0.382 e. The van der Waals surface area contributed by atoms with Crippen LogP contribution in [0.5, 0.6) is 0 Å². The first kappa shape index (κ1) is 10.7. The van der Waals surface area contributed by atoms with Gasteiger partial charge in [0.05, 0.1) is 5.69 Å². The lowest BCUT2D eigenvalue weighted by molar-refractivity contribution is 0.701. The molecule has 1 saturated carbocycles. The van der Waals surface area contributed by atoms with E-state index >= 15 is 0 Å². The van der Waals surface area contributed by atoms with Gasteiger partial charge in [0.15, 0.2) is 0 Å². The molecule has 1 aliphatic rings. The third-order valence-corrected chi connectivity index (χ3v) is 3.33. The van der Waals surface area contributed by atoms with E-state index in [2.05, 4.69) is 46.8 Å². The van der Waals surface area contributed by atoms with Crippen LogP contribution in [0.15, 0.2) is 24.3 Å². The molecule has 0 aliphatic heterocycles. The third-order valence-electron chi connectivity index (χ3n) is 3.33. The van der Waals surface area contributed by atoms with Crippen molar-refractivity contribution in [2.75, 3.05) is 18.4 Å². The summed E-state index contributed by atoms with van der Waals surface area (Å²) in [5.74, 6) is 0. The number of hydrogen-bond donors (Lipinski definition) is 3. The third kappa shape index (κ3) is 2.29. The van der Waals surface area contributed by atoms with E-state index in [1.54, 1.807) is 0 Å². The first-order valence-corrected chi connectivity index (χ1v) is 6.39. The Hall–Kier alpha value is -1.48. The molecule has 0 radical (unpaired) electrons. The molecule has 0 amide bonds. The zero-order valence-electron chi connectivity index (χ0n) is 10.2. The molecule has 3 N–H and O–H groups in total. The van der Waals surface area contributed by atoms with Crippen molar-refractivity contribution in [3.05, 3.63) is 30.0 Å². The first-order valence-electron chi connectivity index (χ1n) is 6.39. The zero-order valence-corrected chi connectivity index (χ0v) is 10.2. The van der Waals surface area contributed by atoms with E-state index in [-0.39, 0.29) is 0 Å². The molecular formula is C14H19N3. The predicted octanol–water partition coefficient (Wildman–Crippen LogP) is 2.64. The number of aromatic nitrogens is 1. The summed E-state index contributed by atoms with van der Waals surface area (Å²) in [6.45, 7) is 4.15. The van der Waals surface area contributed by atoms with Gasteiger partial charge in [-0.1, -0.05) is 18.2 Å². The minimum atomic E-state index is 0.792. The fraction of sp³-hybridized carbons (Fsp3) is 0.429. The van der Waals surface area contributed by atoms with Gasteiger partial charge in [0.2, 0.25) is 0 Å². The van der Waals surface area contributed by atoms with Crippen LogP contribution in [-0.2, 0) is 0 Å². The molecule has 0 spiro atoms. The molecule has 3 nitrogen and oxygen atoms in total. The molecule has 1 aliphatic carbocycles. The van der Waals surface area contributed by atoms with Gasteiger partial charge in [-0.2, -0.15) is 0 Å². The van der Waals surface area contributed by atoms with E-state index in [4.69, 9.17) is 0 Å². The Kier molecular flexibility index (Phi) is 2.77. The molecule has 0 bridgehead atoms. The number of para-hydroxylation sites is 1. The highest BCUT2D eigenvalue weighted by atomic mass is 15.0. The van der Waals surface area contributed by atoms with Crippen molar-refractivity contribution in [3.8, 4) is 0 Å². The monoisotopic (exact) mass is 229 g/mol. The van der Waals surface area contributed by atoms with Crippen LogP contribution < -0.4 is 10.6 Å². The summed E-state index contributed by atoms with van der Waals surface area (Å²) >= 11 is 0. The highest BCUT2D eigenvalue weighted by molar-refractivity contribution is 5.94. The molecule has 0 unspecified atom stereocenters. The molecule has 2 aromatic rings. The van der Waals surface area contributed by atoms with Gasteiger partial charge >= 0.3 is 0 Å². The van der Waals surface area contributed by atoms with Crippen LogP contribution in [0, 0.1) is 6.92 Å². The minimum Gasteiger partial charge on any atom is -0.382 e. The predicted molar refractivity (Wildman–Crippen MR) is 72.6 cm³/mol. The van der Waals surface area contributed by atoms with Gasteiger partial charge in [-0.25, -0.2) is 0 Å². The van der Waals surface area contributed by atoms with Gasteiger partial charge in [0, 0.05) is 35.7 Å². The second-order valence-electron chi connectivity index (χ2n) is 4.83. The SMILES string of the molecule is Cc1[nH]c2ccccc2c1NCCNC1CC1. The second-order valence-corrected chi connectivity index (χ2v) is 4.83. The normalized spacial score (nSPS) is 15.4. The summed E-state index contributed by atoms with van der Waals surface area (Å²) in [4.78, 5) is 3.41. The summed E-state index contributed by atoms with van der Waals surface area (Å²) in [5, 5.41) is 8.33. The number of fused-ring (bicyclic) bond motifs is 1. The summed E-state index contributed by atoms with van der Waals surface area (Å²) in [6.07, 6.45) is 2.71. The van der Waals surface area contributed by atoms with E-state index in [0.29, 0.717) is 0 Å². The molecule has 3 rings (SSSR count). The van der Waals surface area contributed by atoms with Crippen molar-refractivity contribution >= 4 is 16.6 Å². The standard InChI is InChI=1S/C14H19N3/c1-10-14(16-9-8-15-11-6-7-11)12-4-2-3-5-13(12)17-10/h2-5,11,15-17H,6-9H2,1H3. The number of nitrogens with one attached hydrogen (secondary N) is 3. The fourth-order valence-corrected chi connectivity index (χ4v) is 2.26. The van der Waals surface area contributed by atoms with Gasteiger partial charge < -0.3 is 15.6 Å². The molecule has 1 aromatic carbocycles. The van der Waals surface area contributed by atoms with Crippen molar-refractivity contribution < 1.29 is 0 Å². The van der Waals surface area contributed by atoms with Crippen molar-refractivity contribution in [1.29, 1.82) is 0 Å². The van der Waals surface area contributed by atoms with Crippen LogP contribution in [-0.4, -0.2) is 24.1 Å². The Bertz CT molecular complexity index is 511. The van der Waals surface area contributed by atoms with E-state index in [1.165, 1.54) is 35.1 Å². The van der Waals surface area contributed by atoms with Crippen LogP contribution in [0.4, 0.5) is 5.69 Å². The molecule has 1 fully saturated rings. The van der Waals surface area contributed by atoms with E-state index in [0.717, 1.165) is 19.1 Å². The van der Waals surface area contributed by atoms with Gasteiger partial charge in [-0.05, 0) is 25.8 Å². The number of benzene rings is 1. The Labute approximate surface area is 102 Å². The van der Waals surface area contributed by atoms with Crippen molar-refractivity contribution in [2.45, 2.75) is 25.8 Å². The molecule has 17 heavy (non-hydrogen) atoms. The molecule has 3 heteroatoms. The van der Waals surface area contributed by atoms with Gasteiger partial charge in [0.1, 0.15) is 0 Å². The summed E-state index contributed by atoms with van der Waals surface area (Å²) in [5.41, 5.74) is 3.68. The Morgan fingerprint density at radius 3 is 2.88 bits per heavy atom. The van der Waals surface area contributed by atoms with Crippen LogP contribution >= 0.6 is 0 Å². The zero-order chi connectivity index (χ0) is 11.7. The molecule has 0 saturated heterocycles. The molecule has 1 aromatic heterocycles. The van der Waals surface area contributed by atoms with Gasteiger partial charge in [0.25, 0.3) is 0 Å². The molecule has 1 heterocycles. The fourth-order valence-electron chi connectivity index (χ4n) is 2.26. The average Bonchev–Trinajstić information content (AvgIpc) is 3.09. The Morgan fingerprint density at radius 1 is 1.24 bits per heavy atom. The quantitative estimate of drug-likeness (QED) is 0.690. The lowest BCUT2D eigenvalue weighted by atomic mass is 10.2. The average molecular weight is 229 g/mol. The molecule has 90 valence electrons. The van der Waals surface area contributed by atoms with Crippen LogP contribution in [0.25, 0.3) is 10.9 Å². The van der Waals surface area contributed by atoms with E-state index < -0.39 is 0 Å². The molecular weight excluding hydrogens is 210 g/mol. The summed E-state index contributed by atoms with van der Waals surface area (Å²) < 4.78 is 0. The van der Waals surface area contributed by atoms with Gasteiger partial charge in [-0.15, -0.1) is 0 Å². The highest BCUT2D eigenvalue weighted by Gasteiger charge is 2.19. The van der Waals surface area contributed by atoms with Crippen LogP contribution in [0.3, 0.4) is 0 Å². The van der Waals surface area contributed by atoms with Crippen LogP contribution in [0.1, 0.15) is 18.5 Å². The van der Waals surface area contributed by atoms with Crippen molar-refractivity contribution in [2.24, 2.45) is 0 Å². The Balaban J connectivity index is 1.68. The van der Waals surface area contributed by atoms with Crippen molar-refractivity contribution in [3.63, 3.8) is 0 Å². The highest BCUT2D eigenvalue weighted by Crippen LogP contribution is 2.26. The first-order chi connectivity index (χ1) is 8.34. The lowest BCUT2D eigenvalue weighted by Crippen LogP contribution is -2.24. The number of H-pyrrole nitrogens is 1. The molecule has 0 atom stereocenters. The van der Waals surface area contributed by atoms with Crippen LogP contribution in [0.2, 0.25) is 0 Å². The minimum absolute atomic E-state index is 0.792. The number of aromatic amines is 1. The lowest BCUT2D eigenvalue weighted by Gasteiger charge is -2.07. The van der Waals surface area contributed by atoms with E-state index in [9.17, 15) is 0 Å². The van der Waals surface area contributed by atoms with Gasteiger partial charge in [-0.3, -0.25) is 0 Å². The maximum absolute atomic E-state index is 3.53.